The van der Waals surface area contributed by atoms with E-state index in [2.05, 4.69) is 20.7 Å². The Kier molecular flexibility index (Phi) is 4.58. The van der Waals surface area contributed by atoms with Crippen LogP contribution >= 0.6 is 27.5 Å². The van der Waals surface area contributed by atoms with Crippen LogP contribution in [0.3, 0.4) is 0 Å². The van der Waals surface area contributed by atoms with E-state index < -0.39 is 10.0 Å². The van der Waals surface area contributed by atoms with E-state index in [1.54, 1.807) is 25.1 Å². The second-order valence-corrected chi connectivity index (χ2v) is 6.61. The summed E-state index contributed by atoms with van der Waals surface area (Å²) in [6, 6.07) is 6.81. The maximum Gasteiger partial charge on any atom is 0.222 e. The third-order valence-corrected chi connectivity index (χ3v) is 4.89. The summed E-state index contributed by atoms with van der Waals surface area (Å²) in [5, 5.41) is 0.595. The minimum atomic E-state index is -3.26. The fourth-order valence-electron chi connectivity index (χ4n) is 1.14. The molecule has 0 heterocycles. The Morgan fingerprint density at radius 1 is 1.53 bits per heavy atom. The molecule has 0 aromatic heterocycles. The Bertz CT molecular complexity index is 435. The highest BCUT2D eigenvalue weighted by Gasteiger charge is 2.14. The van der Waals surface area contributed by atoms with E-state index in [0.717, 1.165) is 5.56 Å². The van der Waals surface area contributed by atoms with Crippen LogP contribution in [0.4, 0.5) is 0 Å². The molecule has 1 unspecified atom stereocenters. The predicted octanol–water partition coefficient (Wildman–Crippen LogP) is 2.67. The third kappa shape index (κ3) is 4.10. The molecule has 1 rings (SSSR count). The Morgan fingerprint density at radius 2 is 2.20 bits per heavy atom. The summed E-state index contributed by atoms with van der Waals surface area (Å²) in [6.07, 6.45) is 0. The second-order valence-electron chi connectivity index (χ2n) is 3.12. The molecule has 0 spiro atoms. The normalized spacial score (nSPS) is 13.8. The number of rotatable bonds is 4. The summed E-state index contributed by atoms with van der Waals surface area (Å²) in [4.78, 5) is 0. The monoisotopic (exact) mass is 311 g/mol. The van der Waals surface area contributed by atoms with Crippen molar-refractivity contribution in [1.82, 2.24) is 4.72 Å². The van der Waals surface area contributed by atoms with Gasteiger partial charge < -0.3 is 0 Å². The van der Waals surface area contributed by atoms with E-state index in [4.69, 9.17) is 11.6 Å². The zero-order valence-corrected chi connectivity index (χ0v) is 11.2. The third-order valence-electron chi connectivity index (χ3n) is 1.85. The van der Waals surface area contributed by atoms with E-state index in [0.29, 0.717) is 5.02 Å². The molecule has 1 aromatic carbocycles. The number of nitrogens with one attached hydrogen (secondary N) is 1. The maximum atomic E-state index is 11.3. The van der Waals surface area contributed by atoms with E-state index in [1.165, 1.54) is 0 Å². The fourth-order valence-corrected chi connectivity index (χ4v) is 2.48. The lowest BCUT2D eigenvalue weighted by atomic mass is 10.1. The highest BCUT2D eigenvalue weighted by Crippen LogP contribution is 2.18. The van der Waals surface area contributed by atoms with Crippen molar-refractivity contribution >= 4 is 37.6 Å². The first-order valence-corrected chi connectivity index (χ1v) is 7.41. The van der Waals surface area contributed by atoms with Gasteiger partial charge in [0.05, 0.1) is 0 Å². The predicted molar refractivity (Wildman–Crippen MR) is 65.7 cm³/mol. The molecular weight excluding hydrogens is 302 g/mol. The molecule has 1 N–H and O–H groups in total. The van der Waals surface area contributed by atoms with Crippen molar-refractivity contribution in [2.45, 2.75) is 13.0 Å². The molecular formula is C9H11BrClNO2S. The summed E-state index contributed by atoms with van der Waals surface area (Å²) >= 11 is 8.72. The van der Waals surface area contributed by atoms with Gasteiger partial charge in [-0.15, -0.1) is 0 Å². The van der Waals surface area contributed by atoms with Crippen molar-refractivity contribution in [2.24, 2.45) is 0 Å². The average molecular weight is 313 g/mol. The molecule has 0 amide bonds. The van der Waals surface area contributed by atoms with Gasteiger partial charge in [0.25, 0.3) is 0 Å². The maximum absolute atomic E-state index is 11.3. The Balaban J connectivity index is 2.82. The Hall–Kier alpha value is -0.100. The Morgan fingerprint density at radius 3 is 2.73 bits per heavy atom. The number of halogens is 2. The van der Waals surface area contributed by atoms with Crippen molar-refractivity contribution in [3.05, 3.63) is 34.9 Å². The van der Waals surface area contributed by atoms with Crippen molar-refractivity contribution in [3.8, 4) is 0 Å². The molecule has 15 heavy (non-hydrogen) atoms. The molecule has 0 fully saturated rings. The van der Waals surface area contributed by atoms with Crippen LogP contribution in [-0.4, -0.2) is 13.1 Å². The minimum Gasteiger partial charge on any atom is -0.212 e. The van der Waals surface area contributed by atoms with Crippen LogP contribution in [0.25, 0.3) is 0 Å². The van der Waals surface area contributed by atoms with Gasteiger partial charge in [0.2, 0.25) is 10.0 Å². The molecule has 1 aromatic rings. The van der Waals surface area contributed by atoms with Gasteiger partial charge in [-0.2, -0.15) is 0 Å². The quantitative estimate of drug-likeness (QED) is 0.869. The largest absolute Gasteiger partial charge is 0.222 e. The van der Waals surface area contributed by atoms with E-state index in [9.17, 15) is 8.42 Å². The minimum absolute atomic E-state index is 0.106. The van der Waals surface area contributed by atoms with Gasteiger partial charge >= 0.3 is 0 Å². The number of sulfonamides is 1. The number of hydrogen-bond acceptors (Lipinski definition) is 2. The first kappa shape index (κ1) is 13.0. The molecule has 0 bridgehead atoms. The smallest absolute Gasteiger partial charge is 0.212 e. The van der Waals surface area contributed by atoms with Crippen LogP contribution in [0, 0.1) is 0 Å². The van der Waals surface area contributed by atoms with E-state index in [1.807, 2.05) is 6.07 Å². The molecule has 0 aliphatic rings. The number of benzene rings is 1. The summed E-state index contributed by atoms with van der Waals surface area (Å²) < 4.78 is 25.0. The standard InChI is InChI=1S/C9H11BrClNO2S/c1-7(12-15(13,14)6-10)8-3-2-4-9(11)5-8/h2-5,7,12H,6H2,1H3. The highest BCUT2D eigenvalue weighted by atomic mass is 79.9. The van der Waals surface area contributed by atoms with E-state index >= 15 is 0 Å². The fraction of sp³-hybridized carbons (Fsp3) is 0.333. The summed E-state index contributed by atoms with van der Waals surface area (Å²) in [5.41, 5.74) is 0.840. The summed E-state index contributed by atoms with van der Waals surface area (Å²) in [6.45, 7) is 1.77. The highest BCUT2D eigenvalue weighted by molar-refractivity contribution is 9.10. The second kappa shape index (κ2) is 5.30. The molecule has 0 saturated carbocycles. The van der Waals surface area contributed by atoms with Crippen LogP contribution in [0.1, 0.15) is 18.5 Å². The van der Waals surface area contributed by atoms with Crippen LogP contribution < -0.4 is 4.72 Å². The molecule has 0 saturated heterocycles. The van der Waals surface area contributed by atoms with Gasteiger partial charge in [0.15, 0.2) is 0 Å². The zero-order chi connectivity index (χ0) is 11.5. The molecule has 0 aliphatic heterocycles. The molecule has 0 aliphatic carbocycles. The van der Waals surface area contributed by atoms with Crippen LogP contribution in [-0.2, 0) is 10.0 Å². The molecule has 1 atom stereocenters. The SMILES string of the molecule is CC(NS(=O)(=O)CBr)c1cccc(Cl)c1. The molecule has 6 heteroatoms. The van der Waals surface area contributed by atoms with Gasteiger partial charge in [-0.3, -0.25) is 0 Å². The lowest BCUT2D eigenvalue weighted by Gasteiger charge is -2.13. The lowest BCUT2D eigenvalue weighted by Crippen LogP contribution is -2.27. The first-order chi connectivity index (χ1) is 6.94. The lowest BCUT2D eigenvalue weighted by molar-refractivity contribution is 0.572. The first-order valence-electron chi connectivity index (χ1n) is 4.26. The van der Waals surface area contributed by atoms with Gasteiger partial charge in [0.1, 0.15) is 4.66 Å². The van der Waals surface area contributed by atoms with Gasteiger partial charge in [-0.25, -0.2) is 13.1 Å². The van der Waals surface area contributed by atoms with Crippen molar-refractivity contribution in [2.75, 3.05) is 4.66 Å². The molecule has 84 valence electrons. The summed E-state index contributed by atoms with van der Waals surface area (Å²) in [5.74, 6) is 0. The molecule has 0 radical (unpaired) electrons. The zero-order valence-electron chi connectivity index (χ0n) is 8.07. The average Bonchev–Trinajstić information content (AvgIpc) is 2.17. The molecule has 3 nitrogen and oxygen atoms in total. The van der Waals surface area contributed by atoms with Crippen LogP contribution in [0.2, 0.25) is 5.02 Å². The van der Waals surface area contributed by atoms with Gasteiger partial charge in [0, 0.05) is 11.1 Å². The van der Waals surface area contributed by atoms with Gasteiger partial charge in [-0.1, -0.05) is 39.7 Å². The number of alkyl halides is 1. The van der Waals surface area contributed by atoms with Crippen molar-refractivity contribution in [3.63, 3.8) is 0 Å². The van der Waals surface area contributed by atoms with Gasteiger partial charge in [-0.05, 0) is 24.6 Å². The van der Waals surface area contributed by atoms with E-state index in [-0.39, 0.29) is 10.7 Å². The van der Waals surface area contributed by atoms with Crippen molar-refractivity contribution < 1.29 is 8.42 Å². The summed E-state index contributed by atoms with van der Waals surface area (Å²) in [7, 11) is -3.26. The number of hydrogen-bond donors (Lipinski definition) is 1. The topological polar surface area (TPSA) is 46.2 Å². The van der Waals surface area contributed by atoms with Crippen LogP contribution in [0.5, 0.6) is 0 Å². The van der Waals surface area contributed by atoms with Crippen LogP contribution in [0.15, 0.2) is 24.3 Å². The van der Waals surface area contributed by atoms with Crippen molar-refractivity contribution in [1.29, 1.82) is 0 Å². The Labute approximate surface area is 103 Å².